The molecule has 0 spiro atoms. The van der Waals surface area contributed by atoms with Crippen LogP contribution in [0.1, 0.15) is 40.0 Å². The van der Waals surface area contributed by atoms with Crippen molar-refractivity contribution in [1.29, 1.82) is 0 Å². The second-order valence-electron chi connectivity index (χ2n) is 8.69. The van der Waals surface area contributed by atoms with Gasteiger partial charge in [-0.3, -0.25) is 9.59 Å². The van der Waals surface area contributed by atoms with Crippen molar-refractivity contribution in [2.75, 3.05) is 12.9 Å². The first kappa shape index (κ1) is 26.7. The molecule has 0 saturated heterocycles. The van der Waals surface area contributed by atoms with E-state index in [2.05, 4.69) is 31.4 Å². The van der Waals surface area contributed by atoms with E-state index in [1.807, 2.05) is 48.5 Å². The van der Waals surface area contributed by atoms with Gasteiger partial charge in [-0.05, 0) is 47.5 Å². The zero-order chi connectivity index (χ0) is 27.4. The quantitative estimate of drug-likeness (QED) is 0.277. The summed E-state index contributed by atoms with van der Waals surface area (Å²) in [6, 6.07) is 18.6. The van der Waals surface area contributed by atoms with Crippen LogP contribution in [-0.2, 0) is 18.4 Å². The van der Waals surface area contributed by atoms with Gasteiger partial charge < -0.3 is 19.0 Å². The molecule has 0 unspecified atom stereocenters. The van der Waals surface area contributed by atoms with E-state index in [9.17, 15) is 9.59 Å². The SMILES string of the molecule is COc1ccc([C@@H]2CC(c3ccc(Br)cc3)=NN2C(=O)CSc2nnc(CNC(=O)c3ccco3)n2C)cc1. The molecule has 0 fully saturated rings. The predicted octanol–water partition coefficient (Wildman–Crippen LogP) is 4.58. The minimum Gasteiger partial charge on any atom is -0.497 e. The highest BCUT2D eigenvalue weighted by Gasteiger charge is 2.33. The number of hydrazone groups is 1. The zero-order valence-electron chi connectivity index (χ0n) is 21.2. The molecule has 39 heavy (non-hydrogen) atoms. The van der Waals surface area contributed by atoms with Crippen LogP contribution < -0.4 is 10.1 Å². The summed E-state index contributed by atoms with van der Waals surface area (Å²) in [6.45, 7) is 0.171. The molecule has 0 radical (unpaired) electrons. The number of nitrogens with one attached hydrogen (secondary N) is 1. The van der Waals surface area contributed by atoms with E-state index in [4.69, 9.17) is 14.3 Å². The van der Waals surface area contributed by atoms with Crippen molar-refractivity contribution < 1.29 is 18.7 Å². The highest BCUT2D eigenvalue weighted by atomic mass is 79.9. The monoisotopic (exact) mass is 608 g/mol. The Hall–Kier alpha value is -3.90. The summed E-state index contributed by atoms with van der Waals surface area (Å²) in [7, 11) is 3.41. The van der Waals surface area contributed by atoms with Crippen molar-refractivity contribution in [3.63, 3.8) is 0 Å². The van der Waals surface area contributed by atoms with Crippen LogP contribution in [0.5, 0.6) is 5.75 Å². The Morgan fingerprint density at radius 1 is 1.13 bits per heavy atom. The molecule has 2 aromatic carbocycles. The number of hydrogen-bond acceptors (Lipinski definition) is 8. The van der Waals surface area contributed by atoms with E-state index >= 15 is 0 Å². The molecule has 0 bridgehead atoms. The highest BCUT2D eigenvalue weighted by molar-refractivity contribution is 9.10. The van der Waals surface area contributed by atoms with Gasteiger partial charge in [0.2, 0.25) is 0 Å². The Balaban J connectivity index is 1.28. The second-order valence-corrected chi connectivity index (χ2v) is 10.5. The zero-order valence-corrected chi connectivity index (χ0v) is 23.6. The van der Waals surface area contributed by atoms with E-state index in [1.165, 1.54) is 18.0 Å². The first-order valence-electron chi connectivity index (χ1n) is 12.0. The van der Waals surface area contributed by atoms with Crippen LogP contribution in [0.25, 0.3) is 0 Å². The lowest BCUT2D eigenvalue weighted by molar-refractivity contribution is -0.130. The standard InChI is InChI=1S/C27H25BrN6O4S/c1-33-24(15-29-26(36)23-4-3-13-38-23)30-31-27(33)39-16-25(35)34-22(18-7-11-20(37-2)12-8-18)14-21(32-34)17-5-9-19(28)10-6-17/h3-13,22H,14-16H2,1-2H3,(H,29,36)/t22-/m0/s1. The number of rotatable bonds is 9. The van der Waals surface area contributed by atoms with Gasteiger partial charge >= 0.3 is 0 Å². The summed E-state index contributed by atoms with van der Waals surface area (Å²) in [4.78, 5) is 25.6. The molecule has 1 aliphatic rings. The largest absolute Gasteiger partial charge is 0.497 e. The van der Waals surface area contributed by atoms with Crippen LogP contribution >= 0.6 is 27.7 Å². The molecule has 1 aliphatic heterocycles. The normalized spacial score (nSPS) is 14.8. The van der Waals surface area contributed by atoms with Crippen LogP contribution in [0.15, 0.2) is 86.1 Å². The number of amides is 2. The Morgan fingerprint density at radius 3 is 2.59 bits per heavy atom. The molecular weight excluding hydrogens is 584 g/mol. The van der Waals surface area contributed by atoms with E-state index in [-0.39, 0.29) is 35.9 Å². The minimum absolute atomic E-state index is 0.120. The summed E-state index contributed by atoms with van der Waals surface area (Å²) in [5, 5.41) is 18.0. The summed E-state index contributed by atoms with van der Waals surface area (Å²) in [5.41, 5.74) is 2.78. The third-order valence-corrected chi connectivity index (χ3v) is 7.78. The number of carbonyl (C=O) groups excluding carboxylic acids is 2. The molecule has 12 heteroatoms. The molecular formula is C27H25BrN6O4S. The number of thioether (sulfide) groups is 1. The van der Waals surface area contributed by atoms with E-state index < -0.39 is 0 Å². The van der Waals surface area contributed by atoms with Crippen LogP contribution in [0.4, 0.5) is 0 Å². The number of halogens is 1. The van der Waals surface area contributed by atoms with Gasteiger partial charge in [0, 0.05) is 17.9 Å². The van der Waals surface area contributed by atoms with Crippen molar-refractivity contribution >= 4 is 45.2 Å². The third-order valence-electron chi connectivity index (χ3n) is 6.25. The Bertz CT molecular complexity index is 1490. The number of benzene rings is 2. The lowest BCUT2D eigenvalue weighted by Crippen LogP contribution is -2.28. The van der Waals surface area contributed by atoms with Gasteiger partial charge in [-0.2, -0.15) is 5.10 Å². The smallest absolute Gasteiger partial charge is 0.287 e. The van der Waals surface area contributed by atoms with Gasteiger partial charge in [-0.15, -0.1) is 10.2 Å². The van der Waals surface area contributed by atoms with Crippen molar-refractivity contribution in [2.45, 2.75) is 24.2 Å². The Kier molecular flexibility index (Phi) is 8.13. The maximum Gasteiger partial charge on any atom is 0.287 e. The summed E-state index contributed by atoms with van der Waals surface area (Å²) < 4.78 is 13.1. The molecule has 4 aromatic rings. The topological polar surface area (TPSA) is 115 Å². The molecule has 0 saturated carbocycles. The summed E-state index contributed by atoms with van der Waals surface area (Å²) in [5.74, 6) is 1.15. The maximum atomic E-state index is 13.5. The van der Waals surface area contributed by atoms with Crippen molar-refractivity contribution in [3.8, 4) is 5.75 Å². The minimum atomic E-state index is -0.342. The predicted molar refractivity (Wildman–Crippen MR) is 149 cm³/mol. The molecule has 5 rings (SSSR count). The second kappa shape index (κ2) is 11.9. The summed E-state index contributed by atoms with van der Waals surface area (Å²) >= 11 is 4.74. The van der Waals surface area contributed by atoms with Crippen molar-refractivity contribution in [3.05, 3.63) is 94.1 Å². The van der Waals surface area contributed by atoms with Crippen LogP contribution in [0.2, 0.25) is 0 Å². The van der Waals surface area contributed by atoms with Gasteiger partial charge in [-0.25, -0.2) is 5.01 Å². The molecule has 1 N–H and O–H groups in total. The van der Waals surface area contributed by atoms with Gasteiger partial charge in [0.15, 0.2) is 16.7 Å². The lowest BCUT2D eigenvalue weighted by atomic mass is 9.98. The third kappa shape index (κ3) is 6.07. The van der Waals surface area contributed by atoms with Gasteiger partial charge in [0.05, 0.1) is 37.4 Å². The Morgan fingerprint density at radius 2 is 1.90 bits per heavy atom. The van der Waals surface area contributed by atoms with E-state index in [0.29, 0.717) is 17.4 Å². The van der Waals surface area contributed by atoms with Crippen LogP contribution in [0, 0.1) is 0 Å². The molecule has 2 amide bonds. The Labute approximate surface area is 237 Å². The number of nitrogens with zero attached hydrogens (tertiary/aromatic N) is 5. The van der Waals surface area contributed by atoms with Crippen LogP contribution in [0.3, 0.4) is 0 Å². The van der Waals surface area contributed by atoms with Crippen LogP contribution in [-0.4, -0.2) is 50.2 Å². The lowest BCUT2D eigenvalue weighted by Gasteiger charge is -2.22. The molecule has 200 valence electrons. The molecule has 0 aliphatic carbocycles. The first-order chi connectivity index (χ1) is 18.9. The number of ether oxygens (including phenoxy) is 1. The molecule has 2 aromatic heterocycles. The van der Waals surface area contributed by atoms with Gasteiger partial charge in [0.25, 0.3) is 11.8 Å². The van der Waals surface area contributed by atoms with E-state index in [0.717, 1.165) is 27.1 Å². The van der Waals surface area contributed by atoms with Crippen molar-refractivity contribution in [2.24, 2.45) is 12.1 Å². The number of methoxy groups -OCH3 is 1. The molecule has 10 nitrogen and oxygen atoms in total. The fourth-order valence-electron chi connectivity index (χ4n) is 4.11. The molecule has 3 heterocycles. The average molecular weight is 610 g/mol. The summed E-state index contributed by atoms with van der Waals surface area (Å²) in [6.07, 6.45) is 2.03. The van der Waals surface area contributed by atoms with Crippen molar-refractivity contribution in [1.82, 2.24) is 25.1 Å². The first-order valence-corrected chi connectivity index (χ1v) is 13.8. The number of furan rings is 1. The maximum absolute atomic E-state index is 13.5. The fraction of sp³-hybridized carbons (Fsp3) is 0.222. The van der Waals surface area contributed by atoms with Gasteiger partial charge in [0.1, 0.15) is 5.75 Å². The average Bonchev–Trinajstić information content (AvgIpc) is 3.72. The molecule has 1 atom stereocenters. The number of carbonyl (C=O) groups is 2. The number of aromatic nitrogens is 3. The van der Waals surface area contributed by atoms with Gasteiger partial charge in [-0.1, -0.05) is 52.0 Å². The van der Waals surface area contributed by atoms with E-state index in [1.54, 1.807) is 35.9 Å². The fourth-order valence-corrected chi connectivity index (χ4v) is 5.16. The number of hydrogen-bond donors (Lipinski definition) is 1. The highest BCUT2D eigenvalue weighted by Crippen LogP contribution is 2.34.